The van der Waals surface area contributed by atoms with Crippen molar-refractivity contribution in [3.05, 3.63) is 24.3 Å². The second-order valence-electron chi connectivity index (χ2n) is 7.08. The third-order valence-corrected chi connectivity index (χ3v) is 4.68. The van der Waals surface area contributed by atoms with Gasteiger partial charge in [0.15, 0.2) is 0 Å². The molecule has 27 heavy (non-hydrogen) atoms. The molecule has 1 saturated heterocycles. The molecule has 0 unspecified atom stereocenters. The Bertz CT molecular complexity index is 569. The Kier molecular flexibility index (Phi) is 9.87. The van der Waals surface area contributed by atoms with E-state index in [1.54, 1.807) is 0 Å². The zero-order valence-electron chi connectivity index (χ0n) is 16.5. The molecule has 6 heteroatoms. The fourth-order valence-electron chi connectivity index (χ4n) is 3.09. The summed E-state index contributed by atoms with van der Waals surface area (Å²) in [6.07, 6.45) is 7.60. The van der Waals surface area contributed by atoms with Crippen LogP contribution in [0.4, 0.5) is 11.4 Å². The third kappa shape index (κ3) is 9.02. The maximum atomic E-state index is 12.1. The number of benzene rings is 1. The number of ether oxygens (including phenoxy) is 1. The highest BCUT2D eigenvalue weighted by Crippen LogP contribution is 2.15. The maximum Gasteiger partial charge on any atom is 0.238 e. The predicted molar refractivity (Wildman–Crippen MR) is 109 cm³/mol. The van der Waals surface area contributed by atoms with E-state index in [0.29, 0.717) is 26.2 Å². The van der Waals surface area contributed by atoms with Gasteiger partial charge in [0.05, 0.1) is 19.8 Å². The van der Waals surface area contributed by atoms with Gasteiger partial charge >= 0.3 is 0 Å². The molecule has 1 heterocycles. The summed E-state index contributed by atoms with van der Waals surface area (Å²) in [6, 6.07) is 7.28. The van der Waals surface area contributed by atoms with Gasteiger partial charge < -0.3 is 15.4 Å². The minimum Gasteiger partial charge on any atom is -0.379 e. The molecular weight excluding hydrogens is 342 g/mol. The molecule has 0 radical (unpaired) electrons. The summed E-state index contributed by atoms with van der Waals surface area (Å²) in [5.74, 6) is 0.0198. The van der Waals surface area contributed by atoms with E-state index in [0.717, 1.165) is 37.3 Å². The van der Waals surface area contributed by atoms with Crippen LogP contribution in [0, 0.1) is 0 Å². The van der Waals surface area contributed by atoms with Crippen LogP contribution in [0.15, 0.2) is 24.3 Å². The van der Waals surface area contributed by atoms with Crippen molar-refractivity contribution in [3.8, 4) is 0 Å². The number of carbonyl (C=O) groups excluding carboxylic acids is 2. The van der Waals surface area contributed by atoms with Gasteiger partial charge in [0.2, 0.25) is 11.8 Å². The summed E-state index contributed by atoms with van der Waals surface area (Å²) < 4.78 is 5.28. The van der Waals surface area contributed by atoms with Crippen LogP contribution in [0.5, 0.6) is 0 Å². The Morgan fingerprint density at radius 2 is 1.44 bits per heavy atom. The van der Waals surface area contributed by atoms with Gasteiger partial charge in [-0.1, -0.05) is 39.0 Å². The zero-order valence-corrected chi connectivity index (χ0v) is 16.5. The number of carbonyl (C=O) groups is 2. The summed E-state index contributed by atoms with van der Waals surface area (Å²) in [6.45, 7) is 5.52. The lowest BCUT2D eigenvalue weighted by atomic mass is 10.1. The highest BCUT2D eigenvalue weighted by atomic mass is 16.5. The number of anilines is 2. The van der Waals surface area contributed by atoms with Crippen LogP contribution >= 0.6 is 0 Å². The summed E-state index contributed by atoms with van der Waals surface area (Å²) in [5, 5.41) is 5.81. The molecule has 1 aromatic rings. The lowest BCUT2D eigenvalue weighted by Gasteiger charge is -2.25. The molecule has 6 nitrogen and oxygen atoms in total. The highest BCUT2D eigenvalue weighted by molar-refractivity contribution is 5.93. The van der Waals surface area contributed by atoms with Crippen molar-refractivity contribution >= 4 is 23.2 Å². The molecule has 1 aliphatic rings. The maximum absolute atomic E-state index is 12.1. The minimum absolute atomic E-state index is 0.0308. The van der Waals surface area contributed by atoms with Crippen LogP contribution in [0.25, 0.3) is 0 Å². The van der Waals surface area contributed by atoms with E-state index in [2.05, 4.69) is 22.5 Å². The van der Waals surface area contributed by atoms with Crippen molar-refractivity contribution in [2.24, 2.45) is 0 Å². The predicted octanol–water partition coefficient (Wildman–Crippen LogP) is 3.65. The fraction of sp³-hybridized carbons (Fsp3) is 0.619. The standard InChI is InChI=1S/C21H33N3O3/c1-2-3-4-5-6-7-8-20(25)22-18-9-11-19(12-10-18)23-21(26)17-24-13-15-27-16-14-24/h9-12H,2-8,13-17H2,1H3,(H,22,25)(H,23,26). The molecule has 150 valence electrons. The molecule has 1 fully saturated rings. The fourth-order valence-corrected chi connectivity index (χ4v) is 3.09. The van der Waals surface area contributed by atoms with Gasteiger partial charge in [-0.15, -0.1) is 0 Å². The SMILES string of the molecule is CCCCCCCCC(=O)Nc1ccc(NC(=O)CN2CCOCC2)cc1. The van der Waals surface area contributed by atoms with Crippen molar-refractivity contribution in [2.45, 2.75) is 51.9 Å². The minimum atomic E-state index is -0.0308. The van der Waals surface area contributed by atoms with Gasteiger partial charge in [-0.25, -0.2) is 0 Å². The molecule has 0 spiro atoms. The summed E-state index contributed by atoms with van der Waals surface area (Å²) in [7, 11) is 0. The summed E-state index contributed by atoms with van der Waals surface area (Å²) in [4.78, 5) is 26.2. The lowest BCUT2D eigenvalue weighted by Crippen LogP contribution is -2.41. The van der Waals surface area contributed by atoms with E-state index in [1.165, 1.54) is 25.7 Å². The van der Waals surface area contributed by atoms with Gasteiger partial charge in [0, 0.05) is 30.9 Å². The van der Waals surface area contributed by atoms with E-state index in [9.17, 15) is 9.59 Å². The Morgan fingerprint density at radius 3 is 2.07 bits per heavy atom. The van der Waals surface area contributed by atoms with E-state index >= 15 is 0 Å². The molecule has 0 aromatic heterocycles. The molecule has 2 N–H and O–H groups in total. The number of nitrogens with zero attached hydrogens (tertiary/aromatic N) is 1. The molecule has 1 aromatic carbocycles. The van der Waals surface area contributed by atoms with Gasteiger partial charge in [-0.05, 0) is 30.7 Å². The van der Waals surface area contributed by atoms with Crippen molar-refractivity contribution in [2.75, 3.05) is 43.5 Å². The molecule has 2 amide bonds. The van der Waals surface area contributed by atoms with E-state index < -0.39 is 0 Å². The zero-order chi connectivity index (χ0) is 19.3. The molecule has 0 bridgehead atoms. The number of rotatable bonds is 11. The Morgan fingerprint density at radius 1 is 0.889 bits per heavy atom. The summed E-state index contributed by atoms with van der Waals surface area (Å²) >= 11 is 0. The molecule has 1 aliphatic heterocycles. The van der Waals surface area contributed by atoms with Crippen LogP contribution in [0.1, 0.15) is 51.9 Å². The molecule has 2 rings (SSSR count). The molecule has 0 aliphatic carbocycles. The van der Waals surface area contributed by atoms with Gasteiger partial charge in [-0.3, -0.25) is 14.5 Å². The van der Waals surface area contributed by atoms with Crippen molar-refractivity contribution in [3.63, 3.8) is 0 Å². The Balaban J connectivity index is 1.65. The Hall–Kier alpha value is -1.92. The van der Waals surface area contributed by atoms with Gasteiger partial charge in [-0.2, -0.15) is 0 Å². The number of nitrogens with one attached hydrogen (secondary N) is 2. The molecular formula is C21H33N3O3. The first-order valence-corrected chi connectivity index (χ1v) is 10.2. The number of unbranched alkanes of at least 4 members (excludes halogenated alkanes) is 5. The van der Waals surface area contributed by atoms with E-state index in [1.807, 2.05) is 24.3 Å². The first-order valence-electron chi connectivity index (χ1n) is 10.2. The smallest absolute Gasteiger partial charge is 0.238 e. The van der Waals surface area contributed by atoms with Crippen LogP contribution in [0.2, 0.25) is 0 Å². The monoisotopic (exact) mass is 375 g/mol. The number of hydrogen-bond donors (Lipinski definition) is 2. The first-order chi connectivity index (χ1) is 13.2. The number of morpholine rings is 1. The van der Waals surface area contributed by atoms with E-state index in [-0.39, 0.29) is 11.8 Å². The average Bonchev–Trinajstić information content (AvgIpc) is 2.67. The van der Waals surface area contributed by atoms with Crippen LogP contribution < -0.4 is 10.6 Å². The van der Waals surface area contributed by atoms with Crippen LogP contribution in [-0.2, 0) is 14.3 Å². The van der Waals surface area contributed by atoms with E-state index in [4.69, 9.17) is 4.74 Å². The topological polar surface area (TPSA) is 70.7 Å². The number of amides is 2. The molecule has 0 saturated carbocycles. The van der Waals surface area contributed by atoms with Gasteiger partial charge in [0.1, 0.15) is 0 Å². The van der Waals surface area contributed by atoms with Crippen LogP contribution in [-0.4, -0.2) is 49.6 Å². The van der Waals surface area contributed by atoms with Crippen molar-refractivity contribution < 1.29 is 14.3 Å². The second kappa shape index (κ2) is 12.5. The largest absolute Gasteiger partial charge is 0.379 e. The van der Waals surface area contributed by atoms with Crippen molar-refractivity contribution in [1.29, 1.82) is 0 Å². The third-order valence-electron chi connectivity index (χ3n) is 4.68. The highest BCUT2D eigenvalue weighted by Gasteiger charge is 2.14. The number of hydrogen-bond acceptors (Lipinski definition) is 4. The second-order valence-corrected chi connectivity index (χ2v) is 7.08. The average molecular weight is 376 g/mol. The Labute approximate surface area is 162 Å². The van der Waals surface area contributed by atoms with Gasteiger partial charge in [0.25, 0.3) is 0 Å². The lowest BCUT2D eigenvalue weighted by molar-refractivity contribution is -0.118. The van der Waals surface area contributed by atoms with Crippen LogP contribution in [0.3, 0.4) is 0 Å². The quantitative estimate of drug-likeness (QED) is 0.579. The normalized spacial score (nSPS) is 14.7. The molecule has 0 atom stereocenters. The summed E-state index contributed by atoms with van der Waals surface area (Å²) in [5.41, 5.74) is 1.50. The first kappa shape index (κ1) is 21.4. The van der Waals surface area contributed by atoms with Crippen molar-refractivity contribution in [1.82, 2.24) is 4.90 Å².